The number of carbonyl (C=O) groups excluding carboxylic acids is 2. The summed E-state index contributed by atoms with van der Waals surface area (Å²) in [5.74, 6) is -0.242. The largest absolute Gasteiger partial charge is 0.392 e. The molecule has 1 aromatic carbocycles. The molecule has 0 heterocycles. The molecule has 1 aromatic rings. The van der Waals surface area contributed by atoms with Crippen LogP contribution in [0.25, 0.3) is 0 Å². The Kier molecular flexibility index (Phi) is 7.76. The highest BCUT2D eigenvalue weighted by Gasteiger charge is 2.53. The molecule has 0 saturated heterocycles. The van der Waals surface area contributed by atoms with Crippen molar-refractivity contribution in [1.29, 1.82) is 0 Å². The van der Waals surface area contributed by atoms with E-state index in [9.17, 15) is 14.7 Å². The molecule has 0 spiro atoms. The lowest BCUT2D eigenvalue weighted by atomic mass is 9.51. The van der Waals surface area contributed by atoms with Crippen LogP contribution in [0.5, 0.6) is 0 Å². The van der Waals surface area contributed by atoms with E-state index in [0.29, 0.717) is 18.7 Å². The number of aliphatic hydroxyl groups is 1. The molecular weight excluding hydrogens is 392 g/mol. The van der Waals surface area contributed by atoms with Crippen LogP contribution in [0.4, 0.5) is 0 Å². The van der Waals surface area contributed by atoms with Crippen LogP contribution in [-0.2, 0) is 9.53 Å². The minimum absolute atomic E-state index is 0.0185. The summed E-state index contributed by atoms with van der Waals surface area (Å²) in [6, 6.07) is 9.29. The Balaban J connectivity index is 1.70. The van der Waals surface area contributed by atoms with Gasteiger partial charge in [0, 0.05) is 31.2 Å². The molecule has 6 heteroatoms. The first-order valence-electron chi connectivity index (χ1n) is 11.6. The second kappa shape index (κ2) is 10.1. The normalized spacial score (nSPS) is 33.8. The highest BCUT2D eigenvalue weighted by atomic mass is 16.5. The first kappa shape index (κ1) is 23.7. The number of aliphatic hydroxyl groups excluding tert-OH is 1. The van der Waals surface area contributed by atoms with E-state index in [2.05, 4.69) is 24.5 Å². The third-order valence-corrected chi connectivity index (χ3v) is 7.90. The number of hydrogen-bond acceptors (Lipinski definition) is 4. The molecule has 0 unspecified atom stereocenters. The van der Waals surface area contributed by atoms with Gasteiger partial charge in [-0.15, -0.1) is 0 Å². The average Bonchev–Trinajstić information content (AvgIpc) is 2.76. The minimum Gasteiger partial charge on any atom is -0.392 e. The van der Waals surface area contributed by atoms with E-state index in [1.54, 1.807) is 7.11 Å². The van der Waals surface area contributed by atoms with E-state index in [1.807, 2.05) is 37.3 Å². The Bertz CT molecular complexity index is 755. The predicted molar refractivity (Wildman–Crippen MR) is 120 cm³/mol. The Labute approximate surface area is 186 Å². The first-order chi connectivity index (χ1) is 14.8. The number of rotatable bonds is 7. The Morgan fingerprint density at radius 2 is 1.90 bits per heavy atom. The smallest absolute Gasteiger partial charge is 0.251 e. The summed E-state index contributed by atoms with van der Waals surface area (Å²) in [6.45, 7) is 7.29. The molecule has 2 saturated carbocycles. The average molecular weight is 431 g/mol. The van der Waals surface area contributed by atoms with E-state index < -0.39 is 6.10 Å². The van der Waals surface area contributed by atoms with Gasteiger partial charge in [0.15, 0.2) is 0 Å². The van der Waals surface area contributed by atoms with Crippen molar-refractivity contribution in [2.75, 3.05) is 20.3 Å². The Morgan fingerprint density at radius 3 is 2.58 bits per heavy atom. The van der Waals surface area contributed by atoms with Gasteiger partial charge in [-0.3, -0.25) is 9.59 Å². The number of hydrogen-bond donors (Lipinski definition) is 3. The molecule has 172 valence electrons. The van der Waals surface area contributed by atoms with Gasteiger partial charge in [-0.25, -0.2) is 0 Å². The summed E-state index contributed by atoms with van der Waals surface area (Å²) >= 11 is 0. The molecule has 2 aliphatic rings. The standard InChI is InChI=1S/C25H38N2O4/c1-16(23(29)26-14-15-31-4)19-10-12-25(3)13-11-20(17(2)21(25)22(19)28)27-24(30)18-8-6-5-7-9-18/h5-9,16-17,19-22,28H,10-15H2,1-4H3,(H,26,29)(H,27,30)/t16-,17+,19-,20-,21+,22-,25-/m0/s1. The molecule has 3 rings (SSSR count). The molecule has 2 amide bonds. The molecule has 0 aromatic heterocycles. The highest BCUT2D eigenvalue weighted by molar-refractivity contribution is 5.94. The first-order valence-corrected chi connectivity index (χ1v) is 11.6. The number of amides is 2. The quantitative estimate of drug-likeness (QED) is 0.581. The van der Waals surface area contributed by atoms with Gasteiger partial charge in [0.1, 0.15) is 0 Å². The fourth-order valence-corrected chi connectivity index (χ4v) is 5.97. The van der Waals surface area contributed by atoms with Gasteiger partial charge in [0.25, 0.3) is 5.91 Å². The number of benzene rings is 1. The van der Waals surface area contributed by atoms with Crippen LogP contribution >= 0.6 is 0 Å². The van der Waals surface area contributed by atoms with Crippen LogP contribution in [0.2, 0.25) is 0 Å². The van der Waals surface area contributed by atoms with Gasteiger partial charge in [-0.05, 0) is 61.0 Å². The summed E-state index contributed by atoms with van der Waals surface area (Å²) in [4.78, 5) is 25.3. The third-order valence-electron chi connectivity index (χ3n) is 7.90. The van der Waals surface area contributed by atoms with Crippen molar-refractivity contribution >= 4 is 11.8 Å². The summed E-state index contributed by atoms with van der Waals surface area (Å²) in [5, 5.41) is 17.6. The lowest BCUT2D eigenvalue weighted by Gasteiger charge is -2.56. The van der Waals surface area contributed by atoms with E-state index in [4.69, 9.17) is 4.74 Å². The number of ether oxygens (including phenoxy) is 1. The van der Waals surface area contributed by atoms with Gasteiger partial charge in [0.2, 0.25) is 5.91 Å². The van der Waals surface area contributed by atoms with Crippen LogP contribution in [0.15, 0.2) is 30.3 Å². The second-order valence-electron chi connectivity index (χ2n) is 9.79. The summed E-state index contributed by atoms with van der Waals surface area (Å²) in [5.41, 5.74) is 0.696. The number of methoxy groups -OCH3 is 1. The molecule has 0 aliphatic heterocycles. The van der Waals surface area contributed by atoms with Crippen molar-refractivity contribution in [2.45, 2.75) is 58.6 Å². The van der Waals surface area contributed by atoms with Gasteiger partial charge in [-0.1, -0.05) is 39.0 Å². The van der Waals surface area contributed by atoms with Crippen LogP contribution in [-0.4, -0.2) is 49.3 Å². The number of fused-ring (bicyclic) bond motifs is 1. The van der Waals surface area contributed by atoms with Crippen molar-refractivity contribution in [3.63, 3.8) is 0 Å². The maximum absolute atomic E-state index is 12.7. The molecule has 0 radical (unpaired) electrons. The predicted octanol–water partition coefficient (Wildman–Crippen LogP) is 3.01. The van der Waals surface area contributed by atoms with E-state index >= 15 is 0 Å². The van der Waals surface area contributed by atoms with Crippen molar-refractivity contribution in [2.24, 2.45) is 29.1 Å². The van der Waals surface area contributed by atoms with Gasteiger partial charge in [-0.2, -0.15) is 0 Å². The summed E-state index contributed by atoms with van der Waals surface area (Å²) < 4.78 is 5.01. The van der Waals surface area contributed by atoms with Crippen molar-refractivity contribution in [1.82, 2.24) is 10.6 Å². The zero-order chi connectivity index (χ0) is 22.6. The lowest BCUT2D eigenvalue weighted by Crippen LogP contribution is -2.58. The molecule has 3 N–H and O–H groups in total. The van der Waals surface area contributed by atoms with Crippen LogP contribution in [0.1, 0.15) is 56.8 Å². The van der Waals surface area contributed by atoms with Gasteiger partial charge in [0.05, 0.1) is 12.7 Å². The number of nitrogens with one attached hydrogen (secondary N) is 2. The molecule has 6 nitrogen and oxygen atoms in total. The zero-order valence-corrected chi connectivity index (χ0v) is 19.3. The van der Waals surface area contributed by atoms with E-state index in [-0.39, 0.29) is 46.9 Å². The maximum Gasteiger partial charge on any atom is 0.251 e. The fourth-order valence-electron chi connectivity index (χ4n) is 5.97. The van der Waals surface area contributed by atoms with Crippen LogP contribution in [0.3, 0.4) is 0 Å². The van der Waals surface area contributed by atoms with Gasteiger partial charge < -0.3 is 20.5 Å². The molecule has 2 fully saturated rings. The highest BCUT2D eigenvalue weighted by Crippen LogP contribution is 2.55. The molecule has 2 aliphatic carbocycles. The molecular formula is C25H38N2O4. The lowest BCUT2D eigenvalue weighted by molar-refractivity contribution is -0.142. The van der Waals surface area contributed by atoms with Crippen molar-refractivity contribution in [3.05, 3.63) is 35.9 Å². The van der Waals surface area contributed by atoms with Crippen molar-refractivity contribution in [3.8, 4) is 0 Å². The Hall–Kier alpha value is -1.92. The SMILES string of the molecule is COCCNC(=O)[C@@H](C)[C@@H]1CC[C@@]2(C)CC[C@H](NC(=O)c3ccccc3)[C@@H](C)[C@@H]2[C@H]1O. The second-order valence-corrected chi connectivity index (χ2v) is 9.79. The Morgan fingerprint density at radius 1 is 1.23 bits per heavy atom. The molecule has 7 atom stereocenters. The van der Waals surface area contributed by atoms with Crippen LogP contribution < -0.4 is 10.6 Å². The van der Waals surface area contributed by atoms with Crippen LogP contribution in [0, 0.1) is 29.1 Å². The van der Waals surface area contributed by atoms with E-state index in [1.165, 1.54) is 0 Å². The van der Waals surface area contributed by atoms with Crippen molar-refractivity contribution < 1.29 is 19.4 Å². The molecule has 0 bridgehead atoms. The number of carbonyl (C=O) groups is 2. The van der Waals surface area contributed by atoms with E-state index in [0.717, 1.165) is 25.7 Å². The summed E-state index contributed by atoms with van der Waals surface area (Å²) in [6.07, 6.45) is 3.17. The minimum atomic E-state index is -0.562. The molecule has 31 heavy (non-hydrogen) atoms. The third kappa shape index (κ3) is 5.12. The monoisotopic (exact) mass is 430 g/mol. The fraction of sp³-hybridized carbons (Fsp3) is 0.680. The van der Waals surface area contributed by atoms with Gasteiger partial charge >= 0.3 is 0 Å². The zero-order valence-electron chi connectivity index (χ0n) is 19.3. The topological polar surface area (TPSA) is 87.7 Å². The summed E-state index contributed by atoms with van der Waals surface area (Å²) in [7, 11) is 1.61. The maximum atomic E-state index is 12.7.